The molecule has 2 fully saturated rings. The number of aliphatic hydroxyl groups is 1. The molecule has 16 heavy (non-hydrogen) atoms. The smallest absolute Gasteiger partial charge is 0.106 e. The fourth-order valence-electron chi connectivity index (χ4n) is 3.21. The minimum absolute atomic E-state index is 0.297. The Morgan fingerprint density at radius 1 is 1.38 bits per heavy atom. The van der Waals surface area contributed by atoms with E-state index in [0.29, 0.717) is 11.1 Å². The third kappa shape index (κ3) is 1.48. The normalized spacial score (nSPS) is 34.2. The summed E-state index contributed by atoms with van der Waals surface area (Å²) in [6.07, 6.45) is 3.13. The molecule has 2 aliphatic rings. The highest BCUT2D eigenvalue weighted by Crippen LogP contribution is 2.43. The molecule has 2 heterocycles. The molecule has 1 aromatic carbocycles. The average molecular weight is 238 g/mol. The van der Waals surface area contributed by atoms with E-state index in [0.717, 1.165) is 31.5 Å². The van der Waals surface area contributed by atoms with Crippen LogP contribution in [0.3, 0.4) is 0 Å². The molecular formula is C13H16ClNO. The standard InChI is InChI=1S/C13H16ClNO/c14-11-4-1-3-10(9-11)13(16)6-8-15-7-2-5-12(13)15/h1,3-4,9,12,16H,2,5-8H2. The second kappa shape index (κ2) is 3.73. The first-order valence-corrected chi connectivity index (χ1v) is 6.30. The van der Waals surface area contributed by atoms with E-state index in [4.69, 9.17) is 11.6 Å². The van der Waals surface area contributed by atoms with Gasteiger partial charge in [0.2, 0.25) is 0 Å². The number of benzene rings is 1. The third-order valence-electron chi connectivity index (χ3n) is 4.02. The number of hydrogen-bond acceptors (Lipinski definition) is 2. The predicted octanol–water partition coefficient (Wildman–Crippen LogP) is 2.40. The zero-order chi connectivity index (χ0) is 11.2. The van der Waals surface area contributed by atoms with Crippen LogP contribution in [0.15, 0.2) is 24.3 Å². The van der Waals surface area contributed by atoms with Gasteiger partial charge in [-0.25, -0.2) is 0 Å². The lowest BCUT2D eigenvalue weighted by Crippen LogP contribution is -2.38. The van der Waals surface area contributed by atoms with E-state index in [1.54, 1.807) is 0 Å². The first-order valence-electron chi connectivity index (χ1n) is 5.93. The van der Waals surface area contributed by atoms with Gasteiger partial charge in [0.05, 0.1) is 0 Å². The molecule has 0 radical (unpaired) electrons. The van der Waals surface area contributed by atoms with Crippen LogP contribution in [0.4, 0.5) is 0 Å². The van der Waals surface area contributed by atoms with E-state index < -0.39 is 5.60 Å². The van der Waals surface area contributed by atoms with Crippen molar-refractivity contribution in [2.24, 2.45) is 0 Å². The Labute approximate surface area is 101 Å². The maximum atomic E-state index is 10.9. The Morgan fingerprint density at radius 3 is 3.06 bits per heavy atom. The Hall–Kier alpha value is -0.570. The summed E-state index contributed by atoms with van der Waals surface area (Å²) in [7, 11) is 0. The monoisotopic (exact) mass is 237 g/mol. The van der Waals surface area contributed by atoms with Crippen LogP contribution >= 0.6 is 11.6 Å². The van der Waals surface area contributed by atoms with Gasteiger partial charge in [-0.2, -0.15) is 0 Å². The molecule has 3 rings (SSSR count). The minimum Gasteiger partial charge on any atom is -0.383 e. The Balaban J connectivity index is 1.99. The summed E-state index contributed by atoms with van der Waals surface area (Å²) in [5, 5.41) is 11.6. The molecule has 0 aliphatic carbocycles. The summed E-state index contributed by atoms with van der Waals surface area (Å²) in [6.45, 7) is 2.14. The van der Waals surface area contributed by atoms with Crippen molar-refractivity contribution in [3.8, 4) is 0 Å². The van der Waals surface area contributed by atoms with Gasteiger partial charge < -0.3 is 5.11 Å². The second-order valence-corrected chi connectivity index (χ2v) is 5.32. The summed E-state index contributed by atoms with van der Waals surface area (Å²) in [6, 6.07) is 7.98. The lowest BCUT2D eigenvalue weighted by atomic mass is 9.85. The molecule has 0 aromatic heterocycles. The van der Waals surface area contributed by atoms with E-state index in [1.165, 1.54) is 6.42 Å². The number of nitrogens with zero attached hydrogens (tertiary/aromatic N) is 1. The van der Waals surface area contributed by atoms with Gasteiger partial charge in [-0.15, -0.1) is 0 Å². The third-order valence-corrected chi connectivity index (χ3v) is 4.25. The van der Waals surface area contributed by atoms with Crippen molar-refractivity contribution in [1.82, 2.24) is 4.90 Å². The van der Waals surface area contributed by atoms with E-state index in [1.807, 2.05) is 24.3 Å². The van der Waals surface area contributed by atoms with Crippen LogP contribution in [-0.4, -0.2) is 29.1 Å². The van der Waals surface area contributed by atoms with Crippen LogP contribution in [-0.2, 0) is 5.60 Å². The largest absolute Gasteiger partial charge is 0.383 e. The highest BCUT2D eigenvalue weighted by molar-refractivity contribution is 6.30. The lowest BCUT2D eigenvalue weighted by molar-refractivity contribution is 0.00939. The van der Waals surface area contributed by atoms with Gasteiger partial charge in [-0.1, -0.05) is 23.7 Å². The van der Waals surface area contributed by atoms with E-state index in [2.05, 4.69) is 4.90 Å². The molecule has 2 atom stereocenters. The fraction of sp³-hybridized carbons (Fsp3) is 0.538. The predicted molar refractivity (Wildman–Crippen MR) is 64.6 cm³/mol. The number of halogens is 1. The molecule has 2 unspecified atom stereocenters. The van der Waals surface area contributed by atoms with Crippen molar-refractivity contribution in [3.05, 3.63) is 34.9 Å². The summed E-state index contributed by atoms with van der Waals surface area (Å²) >= 11 is 6.00. The molecule has 2 saturated heterocycles. The summed E-state index contributed by atoms with van der Waals surface area (Å²) in [5.41, 5.74) is 0.302. The van der Waals surface area contributed by atoms with Gasteiger partial charge in [0, 0.05) is 17.6 Å². The number of fused-ring (bicyclic) bond motifs is 1. The molecule has 2 nitrogen and oxygen atoms in total. The quantitative estimate of drug-likeness (QED) is 0.811. The molecule has 1 aromatic rings. The summed E-state index contributed by atoms with van der Waals surface area (Å²) in [4.78, 5) is 2.40. The van der Waals surface area contributed by atoms with Crippen LogP contribution in [0, 0.1) is 0 Å². The molecule has 86 valence electrons. The molecule has 2 aliphatic heterocycles. The van der Waals surface area contributed by atoms with E-state index in [9.17, 15) is 5.11 Å². The number of rotatable bonds is 1. The van der Waals surface area contributed by atoms with Crippen LogP contribution in [0.5, 0.6) is 0 Å². The Morgan fingerprint density at radius 2 is 2.25 bits per heavy atom. The van der Waals surface area contributed by atoms with Crippen LogP contribution in [0.2, 0.25) is 5.02 Å². The van der Waals surface area contributed by atoms with Crippen molar-refractivity contribution in [3.63, 3.8) is 0 Å². The fourth-order valence-corrected chi connectivity index (χ4v) is 3.40. The van der Waals surface area contributed by atoms with Gasteiger partial charge in [0.1, 0.15) is 5.60 Å². The first kappa shape index (κ1) is 10.6. The van der Waals surface area contributed by atoms with Crippen molar-refractivity contribution < 1.29 is 5.11 Å². The van der Waals surface area contributed by atoms with Crippen molar-refractivity contribution in [1.29, 1.82) is 0 Å². The van der Waals surface area contributed by atoms with Gasteiger partial charge in [-0.3, -0.25) is 4.90 Å². The molecule has 0 bridgehead atoms. The lowest BCUT2D eigenvalue weighted by Gasteiger charge is -2.30. The van der Waals surface area contributed by atoms with E-state index in [-0.39, 0.29) is 0 Å². The molecule has 0 amide bonds. The van der Waals surface area contributed by atoms with Crippen molar-refractivity contribution >= 4 is 11.6 Å². The molecule has 0 saturated carbocycles. The van der Waals surface area contributed by atoms with Crippen molar-refractivity contribution in [2.45, 2.75) is 30.9 Å². The van der Waals surface area contributed by atoms with Gasteiger partial charge >= 0.3 is 0 Å². The summed E-state index contributed by atoms with van der Waals surface area (Å²) < 4.78 is 0. The minimum atomic E-state index is -0.679. The first-order chi connectivity index (χ1) is 7.70. The molecule has 3 heteroatoms. The topological polar surface area (TPSA) is 23.5 Å². The highest BCUT2D eigenvalue weighted by Gasteiger charge is 2.48. The molecule has 1 N–H and O–H groups in total. The van der Waals surface area contributed by atoms with Crippen LogP contribution in [0.1, 0.15) is 24.8 Å². The highest BCUT2D eigenvalue weighted by atomic mass is 35.5. The zero-order valence-corrected chi connectivity index (χ0v) is 9.95. The van der Waals surface area contributed by atoms with Gasteiger partial charge in [0.25, 0.3) is 0 Å². The summed E-state index contributed by atoms with van der Waals surface area (Å²) in [5.74, 6) is 0. The zero-order valence-electron chi connectivity index (χ0n) is 9.19. The Bertz CT molecular complexity index is 409. The van der Waals surface area contributed by atoms with Gasteiger partial charge in [0.15, 0.2) is 0 Å². The SMILES string of the molecule is OC1(c2cccc(Cl)c2)CCN2CCCC21. The molecule has 0 spiro atoms. The maximum absolute atomic E-state index is 10.9. The average Bonchev–Trinajstić information content (AvgIpc) is 2.84. The van der Waals surface area contributed by atoms with Crippen LogP contribution in [0.25, 0.3) is 0 Å². The number of hydrogen-bond donors (Lipinski definition) is 1. The van der Waals surface area contributed by atoms with Crippen LogP contribution < -0.4 is 0 Å². The van der Waals surface area contributed by atoms with Gasteiger partial charge in [-0.05, 0) is 43.5 Å². The van der Waals surface area contributed by atoms with E-state index >= 15 is 0 Å². The van der Waals surface area contributed by atoms with Crippen molar-refractivity contribution in [2.75, 3.05) is 13.1 Å². The maximum Gasteiger partial charge on any atom is 0.106 e. The second-order valence-electron chi connectivity index (χ2n) is 4.88. The Kier molecular flexibility index (Phi) is 2.46. The molecular weight excluding hydrogens is 222 g/mol.